The molecule has 1 aromatic rings. The first kappa shape index (κ1) is 16.4. The molecule has 2 amide bonds. The highest BCUT2D eigenvalue weighted by atomic mass is 16.5. The Morgan fingerprint density at radius 1 is 1.38 bits per heavy atom. The van der Waals surface area contributed by atoms with Crippen molar-refractivity contribution in [3.8, 4) is 0 Å². The monoisotopic (exact) mass is 329 g/mol. The summed E-state index contributed by atoms with van der Waals surface area (Å²) < 4.78 is 5.17. The molecule has 2 aliphatic heterocycles. The first-order valence-electron chi connectivity index (χ1n) is 8.40. The van der Waals surface area contributed by atoms with Crippen molar-refractivity contribution in [3.63, 3.8) is 0 Å². The number of carbonyl (C=O) groups excluding carboxylic acids is 2. The van der Waals surface area contributed by atoms with Crippen LogP contribution in [-0.2, 0) is 16.0 Å². The summed E-state index contributed by atoms with van der Waals surface area (Å²) in [5, 5.41) is 5.53. The summed E-state index contributed by atoms with van der Waals surface area (Å²) in [4.78, 5) is 26.4. The fourth-order valence-corrected chi connectivity index (χ4v) is 3.37. The van der Waals surface area contributed by atoms with Crippen LogP contribution in [0.5, 0.6) is 0 Å². The maximum Gasteiger partial charge on any atom is 0.337 e. The number of esters is 1. The smallest absolute Gasteiger partial charge is 0.337 e. The molecule has 0 radical (unpaired) electrons. The lowest BCUT2D eigenvalue weighted by Crippen LogP contribution is -2.51. The highest BCUT2D eigenvalue weighted by molar-refractivity contribution is 5.94. The number of rotatable bonds is 4. The maximum absolute atomic E-state index is 12.3. The first-order chi connectivity index (χ1) is 11.6. The molecule has 0 spiro atoms. The van der Waals surface area contributed by atoms with Crippen molar-refractivity contribution in [3.05, 3.63) is 41.1 Å². The number of hydrogen-bond acceptors (Lipinski definition) is 4. The highest BCUT2D eigenvalue weighted by Crippen LogP contribution is 2.28. The second kappa shape index (κ2) is 6.95. The zero-order chi connectivity index (χ0) is 17.1. The predicted molar refractivity (Wildman–Crippen MR) is 91.8 cm³/mol. The van der Waals surface area contributed by atoms with Crippen LogP contribution in [0, 0.1) is 0 Å². The number of urea groups is 1. The van der Waals surface area contributed by atoms with E-state index in [1.807, 2.05) is 12.1 Å². The van der Waals surface area contributed by atoms with Crippen LogP contribution in [0.1, 0.15) is 25.8 Å². The van der Waals surface area contributed by atoms with Crippen molar-refractivity contribution in [2.45, 2.75) is 32.7 Å². The largest absolute Gasteiger partial charge is 0.463 e. The Labute approximate surface area is 141 Å². The van der Waals surface area contributed by atoms with Gasteiger partial charge in [0.25, 0.3) is 0 Å². The van der Waals surface area contributed by atoms with Crippen molar-refractivity contribution in [2.24, 2.45) is 0 Å². The molecule has 128 valence electrons. The van der Waals surface area contributed by atoms with Crippen molar-refractivity contribution in [2.75, 3.05) is 24.6 Å². The van der Waals surface area contributed by atoms with Crippen LogP contribution >= 0.6 is 0 Å². The van der Waals surface area contributed by atoms with Crippen LogP contribution in [-0.4, -0.2) is 37.7 Å². The minimum Gasteiger partial charge on any atom is -0.463 e. The Hall–Kier alpha value is -2.50. The summed E-state index contributed by atoms with van der Waals surface area (Å²) in [5.41, 5.74) is 3.59. The van der Waals surface area contributed by atoms with Crippen LogP contribution in [0.2, 0.25) is 0 Å². The van der Waals surface area contributed by atoms with Crippen LogP contribution in [0.25, 0.3) is 0 Å². The van der Waals surface area contributed by atoms with Gasteiger partial charge >= 0.3 is 12.0 Å². The zero-order valence-electron chi connectivity index (χ0n) is 14.1. The van der Waals surface area contributed by atoms with E-state index in [0.29, 0.717) is 24.4 Å². The standard InChI is InChI=1S/C18H23N3O3/c1-3-24-17(22)16-12(2)19-18(23)20-14(16)11-21-10-6-8-13-7-4-5-9-15(13)21/h4-5,7,9,12H,3,6,8,10-11H2,1-2H3,(H2,19,20,23)/t12-/m0/s1. The lowest BCUT2D eigenvalue weighted by atomic mass is 9.99. The molecule has 0 aliphatic carbocycles. The molecule has 2 heterocycles. The molecule has 24 heavy (non-hydrogen) atoms. The van der Waals surface area contributed by atoms with Gasteiger partial charge in [0.15, 0.2) is 0 Å². The normalized spacial score (nSPS) is 20.2. The molecule has 0 saturated heterocycles. The average Bonchev–Trinajstić information content (AvgIpc) is 2.55. The molecular weight excluding hydrogens is 306 g/mol. The summed E-state index contributed by atoms with van der Waals surface area (Å²) in [7, 11) is 0. The quantitative estimate of drug-likeness (QED) is 0.829. The number of ether oxygens (including phenoxy) is 1. The van der Waals surface area contributed by atoms with Gasteiger partial charge in [-0.2, -0.15) is 0 Å². The third-order valence-electron chi connectivity index (χ3n) is 4.42. The van der Waals surface area contributed by atoms with E-state index in [1.54, 1.807) is 13.8 Å². The molecule has 0 bridgehead atoms. The third-order valence-corrected chi connectivity index (χ3v) is 4.42. The minimum absolute atomic E-state index is 0.282. The van der Waals surface area contributed by atoms with Gasteiger partial charge in [-0.25, -0.2) is 9.59 Å². The lowest BCUT2D eigenvalue weighted by molar-refractivity contribution is -0.138. The maximum atomic E-state index is 12.3. The van der Waals surface area contributed by atoms with Gasteiger partial charge in [0.2, 0.25) is 0 Å². The predicted octanol–water partition coefficient (Wildman–Crippen LogP) is 1.96. The Kier molecular flexibility index (Phi) is 4.74. The minimum atomic E-state index is -0.377. The topological polar surface area (TPSA) is 70.7 Å². The Morgan fingerprint density at radius 2 is 2.17 bits per heavy atom. The van der Waals surface area contributed by atoms with E-state index < -0.39 is 0 Å². The number of fused-ring (bicyclic) bond motifs is 1. The molecule has 0 unspecified atom stereocenters. The van der Waals surface area contributed by atoms with Crippen LogP contribution in [0.3, 0.4) is 0 Å². The van der Waals surface area contributed by atoms with Crippen LogP contribution in [0.4, 0.5) is 10.5 Å². The summed E-state index contributed by atoms with van der Waals surface area (Å²) in [6, 6.07) is 7.63. The molecule has 1 aromatic carbocycles. The molecule has 0 fully saturated rings. The Balaban J connectivity index is 1.92. The molecule has 1 atom stereocenters. The van der Waals surface area contributed by atoms with Gasteiger partial charge in [0, 0.05) is 12.2 Å². The molecule has 0 saturated carbocycles. The number of nitrogens with one attached hydrogen (secondary N) is 2. The molecule has 2 N–H and O–H groups in total. The van der Waals surface area contributed by atoms with Gasteiger partial charge in [-0.05, 0) is 38.3 Å². The van der Waals surface area contributed by atoms with Gasteiger partial charge in [-0.15, -0.1) is 0 Å². The van der Waals surface area contributed by atoms with Crippen LogP contribution in [0.15, 0.2) is 35.5 Å². The van der Waals surface area contributed by atoms with Crippen molar-refractivity contribution < 1.29 is 14.3 Å². The SMILES string of the molecule is CCOC(=O)C1=C(CN2CCCc3ccccc32)NC(=O)N[C@H]1C. The van der Waals surface area contributed by atoms with Crippen molar-refractivity contribution in [1.29, 1.82) is 0 Å². The van der Waals surface area contributed by atoms with E-state index in [4.69, 9.17) is 4.74 Å². The van der Waals surface area contributed by atoms with Crippen molar-refractivity contribution in [1.82, 2.24) is 10.6 Å². The molecule has 0 aromatic heterocycles. The second-order valence-corrected chi connectivity index (χ2v) is 6.09. The molecule has 6 heteroatoms. The van der Waals surface area contributed by atoms with Gasteiger partial charge in [-0.1, -0.05) is 18.2 Å². The lowest BCUT2D eigenvalue weighted by Gasteiger charge is -2.34. The van der Waals surface area contributed by atoms with E-state index >= 15 is 0 Å². The number of aryl methyl sites for hydroxylation is 1. The summed E-state index contributed by atoms with van der Waals surface area (Å²) in [5.74, 6) is -0.377. The van der Waals surface area contributed by atoms with E-state index in [1.165, 1.54) is 11.3 Å². The highest BCUT2D eigenvalue weighted by Gasteiger charge is 2.31. The van der Waals surface area contributed by atoms with E-state index in [-0.39, 0.29) is 18.0 Å². The molecule has 3 rings (SSSR count). The fraction of sp³-hybridized carbons (Fsp3) is 0.444. The number of benzene rings is 1. The average molecular weight is 329 g/mol. The number of para-hydroxylation sites is 1. The Morgan fingerprint density at radius 3 is 2.96 bits per heavy atom. The number of hydrogen-bond donors (Lipinski definition) is 2. The van der Waals surface area contributed by atoms with Gasteiger partial charge in [-0.3, -0.25) is 0 Å². The zero-order valence-corrected chi connectivity index (χ0v) is 14.1. The number of amides is 2. The number of carbonyl (C=O) groups is 2. The third kappa shape index (κ3) is 3.22. The van der Waals surface area contributed by atoms with Crippen molar-refractivity contribution >= 4 is 17.7 Å². The fourth-order valence-electron chi connectivity index (χ4n) is 3.37. The van der Waals surface area contributed by atoms with E-state index in [9.17, 15) is 9.59 Å². The van der Waals surface area contributed by atoms with E-state index in [0.717, 1.165) is 19.4 Å². The van der Waals surface area contributed by atoms with Gasteiger partial charge < -0.3 is 20.3 Å². The number of nitrogens with zero attached hydrogens (tertiary/aromatic N) is 1. The number of anilines is 1. The summed E-state index contributed by atoms with van der Waals surface area (Å²) >= 11 is 0. The summed E-state index contributed by atoms with van der Waals surface area (Å²) in [6.07, 6.45) is 2.11. The molecule has 6 nitrogen and oxygen atoms in total. The first-order valence-corrected chi connectivity index (χ1v) is 8.40. The molecular formula is C18H23N3O3. The van der Waals surface area contributed by atoms with E-state index in [2.05, 4.69) is 27.7 Å². The Bertz CT molecular complexity index is 684. The summed E-state index contributed by atoms with van der Waals surface area (Å²) in [6.45, 7) is 5.27. The van der Waals surface area contributed by atoms with Gasteiger partial charge in [0.1, 0.15) is 0 Å². The van der Waals surface area contributed by atoms with Gasteiger partial charge in [0.05, 0.1) is 30.5 Å². The molecule has 2 aliphatic rings. The second-order valence-electron chi connectivity index (χ2n) is 6.09. The van der Waals surface area contributed by atoms with Crippen LogP contribution < -0.4 is 15.5 Å².